The average molecular weight is 409 g/mol. The van der Waals surface area contributed by atoms with Gasteiger partial charge in [0.25, 0.3) is 0 Å². The second-order valence-electron chi connectivity index (χ2n) is 7.26. The Kier molecular flexibility index (Phi) is 4.59. The van der Waals surface area contributed by atoms with Crippen LogP contribution in [0.3, 0.4) is 0 Å². The van der Waals surface area contributed by atoms with Crippen molar-refractivity contribution >= 4 is 28.3 Å². The lowest BCUT2D eigenvalue weighted by atomic mass is 10.0. The molecule has 3 heterocycles. The van der Waals surface area contributed by atoms with E-state index in [1.54, 1.807) is 22.9 Å². The summed E-state index contributed by atoms with van der Waals surface area (Å²) in [5.41, 5.74) is 4.02. The van der Waals surface area contributed by atoms with Crippen molar-refractivity contribution in [3.05, 3.63) is 96.4 Å². The van der Waals surface area contributed by atoms with Gasteiger partial charge in [-0.05, 0) is 23.8 Å². The second-order valence-corrected chi connectivity index (χ2v) is 7.26. The van der Waals surface area contributed by atoms with Gasteiger partial charge in [-0.15, -0.1) is 0 Å². The van der Waals surface area contributed by atoms with Crippen LogP contribution in [0.1, 0.15) is 20.8 Å². The van der Waals surface area contributed by atoms with Gasteiger partial charge in [0, 0.05) is 30.3 Å². The topological polar surface area (TPSA) is 65.6 Å². The molecule has 0 bridgehead atoms. The Balaban J connectivity index is 1.47. The number of Topliss-reactive ketones (excluding diaryl/α,β-unsaturated/α-hetero) is 1. The van der Waals surface area contributed by atoms with Crippen molar-refractivity contribution in [3.8, 4) is 11.3 Å². The number of rotatable bonds is 5. The number of hydrogen-bond acceptors (Lipinski definition) is 4. The van der Waals surface area contributed by atoms with E-state index in [-0.39, 0.29) is 18.1 Å². The van der Waals surface area contributed by atoms with E-state index in [9.17, 15) is 9.59 Å². The number of carbonyl (C=O) groups excluding carboxylic acids is 2. The fraction of sp³-hybridized carbons (Fsp3) is 0.0800. The minimum Gasteiger partial charge on any atom is -0.453 e. The number of pyridine rings is 1. The molecule has 0 N–H and O–H groups in total. The molecular formula is C25H19N3O3. The molecule has 0 radical (unpaired) electrons. The molecule has 31 heavy (non-hydrogen) atoms. The lowest BCUT2D eigenvalue weighted by molar-refractivity contribution is 0.0470. The highest BCUT2D eigenvalue weighted by molar-refractivity contribution is 6.14. The van der Waals surface area contributed by atoms with Crippen molar-refractivity contribution in [2.24, 2.45) is 7.05 Å². The van der Waals surface area contributed by atoms with Crippen LogP contribution in [0.25, 0.3) is 27.8 Å². The van der Waals surface area contributed by atoms with Gasteiger partial charge in [-0.1, -0.05) is 54.6 Å². The summed E-state index contributed by atoms with van der Waals surface area (Å²) in [6.07, 6.45) is 3.39. The zero-order chi connectivity index (χ0) is 21.4. The molecule has 0 amide bonds. The number of para-hydroxylation sites is 1. The van der Waals surface area contributed by atoms with Gasteiger partial charge in [-0.25, -0.2) is 9.78 Å². The second kappa shape index (κ2) is 7.57. The maximum absolute atomic E-state index is 13.3. The van der Waals surface area contributed by atoms with Gasteiger partial charge >= 0.3 is 5.97 Å². The van der Waals surface area contributed by atoms with Crippen molar-refractivity contribution in [2.45, 2.75) is 0 Å². The van der Waals surface area contributed by atoms with Crippen LogP contribution >= 0.6 is 0 Å². The van der Waals surface area contributed by atoms with Gasteiger partial charge in [0.2, 0.25) is 5.78 Å². The molecule has 0 saturated carbocycles. The van der Waals surface area contributed by atoms with E-state index in [4.69, 9.17) is 4.74 Å². The Hall–Kier alpha value is -4.19. The number of carbonyl (C=O) groups is 2. The van der Waals surface area contributed by atoms with Crippen molar-refractivity contribution in [1.82, 2.24) is 14.0 Å². The van der Waals surface area contributed by atoms with Gasteiger partial charge in [0.1, 0.15) is 5.65 Å². The first kappa shape index (κ1) is 18.8. The standard InChI is InChI=1S/C25H19N3O3/c1-27-20-12-6-5-11-18(20)23(24(27)17-9-3-2-4-10-17)21(29)16-31-25(30)19-15-28-14-8-7-13-22(28)26-19/h2-15H,16H2,1H3. The van der Waals surface area contributed by atoms with E-state index < -0.39 is 5.97 Å². The molecule has 3 aromatic heterocycles. The summed E-state index contributed by atoms with van der Waals surface area (Å²) in [6, 6.07) is 22.9. The third-order valence-corrected chi connectivity index (χ3v) is 5.34. The van der Waals surface area contributed by atoms with Crippen LogP contribution in [-0.2, 0) is 11.8 Å². The van der Waals surface area contributed by atoms with Crippen molar-refractivity contribution in [3.63, 3.8) is 0 Å². The summed E-state index contributed by atoms with van der Waals surface area (Å²) >= 11 is 0. The minimum atomic E-state index is -0.626. The highest BCUT2D eigenvalue weighted by Crippen LogP contribution is 2.33. The summed E-state index contributed by atoms with van der Waals surface area (Å²) in [6.45, 7) is -0.361. The molecule has 2 aromatic carbocycles. The molecule has 0 atom stereocenters. The maximum Gasteiger partial charge on any atom is 0.359 e. The van der Waals surface area contributed by atoms with Gasteiger partial charge in [-0.3, -0.25) is 4.79 Å². The monoisotopic (exact) mass is 409 g/mol. The molecule has 0 saturated heterocycles. The molecule has 5 aromatic rings. The van der Waals surface area contributed by atoms with Crippen LogP contribution < -0.4 is 0 Å². The quantitative estimate of drug-likeness (QED) is 0.316. The Morgan fingerprint density at radius 2 is 1.68 bits per heavy atom. The third-order valence-electron chi connectivity index (χ3n) is 5.34. The van der Waals surface area contributed by atoms with Crippen LogP contribution in [0.4, 0.5) is 0 Å². The molecule has 6 nitrogen and oxygen atoms in total. The molecular weight excluding hydrogens is 390 g/mol. The molecule has 0 aliphatic rings. The number of fused-ring (bicyclic) bond motifs is 2. The lowest BCUT2D eigenvalue weighted by Gasteiger charge is -2.08. The molecule has 6 heteroatoms. The number of ether oxygens (including phenoxy) is 1. The number of ketones is 1. The van der Waals surface area contributed by atoms with Crippen molar-refractivity contribution < 1.29 is 14.3 Å². The SMILES string of the molecule is Cn1c(-c2ccccc2)c(C(=O)COC(=O)c2cn3ccccc3n2)c2ccccc21. The Morgan fingerprint density at radius 3 is 2.48 bits per heavy atom. The smallest absolute Gasteiger partial charge is 0.359 e. The van der Waals surface area contributed by atoms with Gasteiger partial charge in [0.15, 0.2) is 12.3 Å². The normalized spacial score (nSPS) is 11.1. The molecule has 0 spiro atoms. The van der Waals surface area contributed by atoms with Crippen molar-refractivity contribution in [1.29, 1.82) is 0 Å². The highest BCUT2D eigenvalue weighted by Gasteiger charge is 2.23. The number of esters is 1. The average Bonchev–Trinajstić information content (AvgIpc) is 3.37. The van der Waals surface area contributed by atoms with E-state index in [1.165, 1.54) is 0 Å². The Morgan fingerprint density at radius 1 is 0.935 bits per heavy atom. The fourth-order valence-corrected chi connectivity index (χ4v) is 3.92. The number of aryl methyl sites for hydroxylation is 1. The number of benzene rings is 2. The summed E-state index contributed by atoms with van der Waals surface area (Å²) in [7, 11) is 1.93. The number of hydrogen-bond donors (Lipinski definition) is 0. The molecule has 0 fully saturated rings. The highest BCUT2D eigenvalue weighted by atomic mass is 16.5. The van der Waals surface area contributed by atoms with Crippen LogP contribution in [0.2, 0.25) is 0 Å². The predicted octanol–water partition coefficient (Wildman–Crippen LogP) is 4.53. The first-order chi connectivity index (χ1) is 15.1. The van der Waals surface area contributed by atoms with Gasteiger partial charge < -0.3 is 13.7 Å². The summed E-state index contributed by atoms with van der Waals surface area (Å²) in [5.74, 6) is -0.883. The number of nitrogens with zero attached hydrogens (tertiary/aromatic N) is 3. The van der Waals surface area contributed by atoms with Crippen molar-refractivity contribution in [2.75, 3.05) is 6.61 Å². The molecule has 0 aliphatic carbocycles. The van der Waals surface area contributed by atoms with E-state index in [0.717, 1.165) is 22.2 Å². The first-order valence-electron chi connectivity index (χ1n) is 9.90. The van der Waals surface area contributed by atoms with E-state index in [0.29, 0.717) is 11.2 Å². The van der Waals surface area contributed by atoms with Gasteiger partial charge in [-0.2, -0.15) is 0 Å². The Labute approximate surface area is 178 Å². The molecule has 0 aliphatic heterocycles. The predicted molar refractivity (Wildman–Crippen MR) is 118 cm³/mol. The largest absolute Gasteiger partial charge is 0.453 e. The van der Waals surface area contributed by atoms with Crippen LogP contribution in [-0.4, -0.2) is 32.3 Å². The number of aromatic nitrogens is 3. The Bertz CT molecular complexity index is 1400. The van der Waals surface area contributed by atoms with Crippen LogP contribution in [0, 0.1) is 0 Å². The van der Waals surface area contributed by atoms with E-state index in [1.807, 2.05) is 78.3 Å². The molecule has 0 unspecified atom stereocenters. The lowest BCUT2D eigenvalue weighted by Crippen LogP contribution is -2.15. The summed E-state index contributed by atoms with van der Waals surface area (Å²) < 4.78 is 9.08. The zero-order valence-electron chi connectivity index (χ0n) is 16.9. The zero-order valence-corrected chi connectivity index (χ0v) is 16.9. The fourth-order valence-electron chi connectivity index (χ4n) is 3.92. The maximum atomic E-state index is 13.3. The summed E-state index contributed by atoms with van der Waals surface area (Å²) in [5, 5.41) is 0.831. The van der Waals surface area contributed by atoms with E-state index in [2.05, 4.69) is 4.98 Å². The third kappa shape index (κ3) is 3.28. The minimum absolute atomic E-state index is 0.167. The van der Waals surface area contributed by atoms with Gasteiger partial charge in [0.05, 0.1) is 11.3 Å². The van der Waals surface area contributed by atoms with Crippen LogP contribution in [0.15, 0.2) is 85.2 Å². The molecule has 5 rings (SSSR count). The number of imidazole rings is 1. The molecule has 152 valence electrons. The van der Waals surface area contributed by atoms with Crippen LogP contribution in [0.5, 0.6) is 0 Å². The first-order valence-corrected chi connectivity index (χ1v) is 9.90. The summed E-state index contributed by atoms with van der Waals surface area (Å²) in [4.78, 5) is 30.0. The van der Waals surface area contributed by atoms with E-state index >= 15 is 0 Å².